The fraction of sp³-hybridized carbons (Fsp3) is 0.636. The molecule has 0 radical (unpaired) electrons. The SMILES string of the molecule is CCC#CCOc1nsc(N2CCCC2)n1. The van der Waals surface area contributed by atoms with Gasteiger partial charge in [0.15, 0.2) is 6.61 Å². The molecular formula is C11H15N3OS. The number of anilines is 1. The van der Waals surface area contributed by atoms with E-state index in [1.54, 1.807) is 0 Å². The Morgan fingerprint density at radius 2 is 2.19 bits per heavy atom. The minimum absolute atomic E-state index is 0.379. The average Bonchev–Trinajstić information content (AvgIpc) is 2.94. The van der Waals surface area contributed by atoms with Gasteiger partial charge in [-0.1, -0.05) is 12.8 Å². The van der Waals surface area contributed by atoms with Crippen LogP contribution in [0.2, 0.25) is 0 Å². The summed E-state index contributed by atoms with van der Waals surface area (Å²) >= 11 is 1.40. The van der Waals surface area contributed by atoms with E-state index in [-0.39, 0.29) is 0 Å². The van der Waals surface area contributed by atoms with Crippen LogP contribution in [-0.2, 0) is 0 Å². The number of hydrogen-bond donors (Lipinski definition) is 0. The molecule has 1 aromatic heterocycles. The second-order valence-corrected chi connectivity index (χ2v) is 4.28. The molecule has 4 nitrogen and oxygen atoms in total. The van der Waals surface area contributed by atoms with Gasteiger partial charge in [-0.05, 0) is 12.8 Å². The Bertz CT molecular complexity index is 387. The zero-order chi connectivity index (χ0) is 11.2. The molecule has 1 fully saturated rings. The van der Waals surface area contributed by atoms with Crippen LogP contribution >= 0.6 is 11.5 Å². The molecule has 1 aromatic rings. The van der Waals surface area contributed by atoms with Crippen LogP contribution in [0.25, 0.3) is 0 Å². The summed E-state index contributed by atoms with van der Waals surface area (Å²) in [6, 6.07) is 0.456. The van der Waals surface area contributed by atoms with Crippen molar-refractivity contribution in [2.75, 3.05) is 24.6 Å². The molecule has 0 aliphatic carbocycles. The molecule has 0 saturated carbocycles. The molecule has 86 valence electrons. The third-order valence-electron chi connectivity index (χ3n) is 2.35. The van der Waals surface area contributed by atoms with Crippen LogP contribution in [0.15, 0.2) is 0 Å². The normalized spacial score (nSPS) is 14.7. The highest BCUT2D eigenvalue weighted by atomic mass is 32.1. The second kappa shape index (κ2) is 5.71. The molecule has 0 spiro atoms. The van der Waals surface area contributed by atoms with E-state index in [1.807, 2.05) is 6.92 Å². The van der Waals surface area contributed by atoms with Crippen molar-refractivity contribution in [3.8, 4) is 17.9 Å². The van der Waals surface area contributed by atoms with Crippen LogP contribution in [0.1, 0.15) is 26.2 Å². The van der Waals surface area contributed by atoms with Crippen molar-refractivity contribution in [3.63, 3.8) is 0 Å². The van der Waals surface area contributed by atoms with E-state index in [4.69, 9.17) is 4.74 Å². The predicted octanol–water partition coefficient (Wildman–Crippen LogP) is 1.93. The first-order valence-corrected chi connectivity index (χ1v) is 6.34. The Labute approximate surface area is 99.8 Å². The molecule has 1 aliphatic rings. The van der Waals surface area contributed by atoms with Crippen molar-refractivity contribution < 1.29 is 4.74 Å². The lowest BCUT2D eigenvalue weighted by molar-refractivity contribution is 0.345. The van der Waals surface area contributed by atoms with E-state index in [0.717, 1.165) is 24.6 Å². The summed E-state index contributed by atoms with van der Waals surface area (Å²) in [5.41, 5.74) is 0. The van der Waals surface area contributed by atoms with Crippen LogP contribution in [0.3, 0.4) is 0 Å². The van der Waals surface area contributed by atoms with Gasteiger partial charge in [0.2, 0.25) is 5.13 Å². The number of ether oxygens (including phenoxy) is 1. The van der Waals surface area contributed by atoms with Gasteiger partial charge in [-0.25, -0.2) is 0 Å². The largest absolute Gasteiger partial charge is 0.450 e. The van der Waals surface area contributed by atoms with Crippen molar-refractivity contribution >= 4 is 16.7 Å². The van der Waals surface area contributed by atoms with Crippen LogP contribution in [0.5, 0.6) is 6.01 Å². The zero-order valence-electron chi connectivity index (χ0n) is 9.40. The number of nitrogens with zero attached hydrogens (tertiary/aromatic N) is 3. The maximum absolute atomic E-state index is 5.34. The van der Waals surface area contributed by atoms with Crippen LogP contribution < -0.4 is 9.64 Å². The third-order valence-corrected chi connectivity index (χ3v) is 3.11. The average molecular weight is 237 g/mol. The molecule has 1 aliphatic heterocycles. The molecule has 0 atom stereocenters. The summed E-state index contributed by atoms with van der Waals surface area (Å²) in [7, 11) is 0. The summed E-state index contributed by atoms with van der Waals surface area (Å²) in [6.45, 7) is 4.57. The molecular weight excluding hydrogens is 222 g/mol. The summed E-state index contributed by atoms with van der Waals surface area (Å²) in [5, 5.41) is 0.968. The topological polar surface area (TPSA) is 38.2 Å². The molecule has 16 heavy (non-hydrogen) atoms. The highest BCUT2D eigenvalue weighted by molar-refractivity contribution is 7.09. The van der Waals surface area contributed by atoms with Crippen molar-refractivity contribution in [1.82, 2.24) is 9.36 Å². The maximum Gasteiger partial charge on any atom is 0.331 e. The molecule has 5 heteroatoms. The summed E-state index contributed by atoms with van der Waals surface area (Å²) in [5.74, 6) is 5.84. The number of hydrogen-bond acceptors (Lipinski definition) is 5. The molecule has 0 N–H and O–H groups in total. The summed E-state index contributed by atoms with van der Waals surface area (Å²) in [4.78, 5) is 6.59. The summed E-state index contributed by atoms with van der Waals surface area (Å²) < 4.78 is 9.49. The first kappa shape index (κ1) is 11.2. The zero-order valence-corrected chi connectivity index (χ0v) is 10.2. The molecule has 0 aromatic carbocycles. The molecule has 0 amide bonds. The van der Waals surface area contributed by atoms with Crippen molar-refractivity contribution in [3.05, 3.63) is 0 Å². The predicted molar refractivity (Wildman–Crippen MR) is 64.9 cm³/mol. The molecule has 0 bridgehead atoms. The lowest BCUT2D eigenvalue weighted by Gasteiger charge is -2.10. The van der Waals surface area contributed by atoms with Gasteiger partial charge < -0.3 is 9.64 Å². The van der Waals surface area contributed by atoms with Gasteiger partial charge in [0.1, 0.15) is 0 Å². The Balaban J connectivity index is 1.86. The van der Waals surface area contributed by atoms with E-state index in [1.165, 1.54) is 24.4 Å². The van der Waals surface area contributed by atoms with Gasteiger partial charge in [0.05, 0.1) is 0 Å². The van der Waals surface area contributed by atoms with Crippen LogP contribution in [-0.4, -0.2) is 29.1 Å². The van der Waals surface area contributed by atoms with Gasteiger partial charge >= 0.3 is 6.01 Å². The fourth-order valence-electron chi connectivity index (χ4n) is 1.57. The molecule has 2 heterocycles. The third kappa shape index (κ3) is 2.86. The van der Waals surface area contributed by atoms with Crippen molar-refractivity contribution in [2.24, 2.45) is 0 Å². The highest BCUT2D eigenvalue weighted by Gasteiger charge is 2.16. The van der Waals surface area contributed by atoms with Gasteiger partial charge in [0, 0.05) is 31.0 Å². The van der Waals surface area contributed by atoms with E-state index < -0.39 is 0 Å². The molecule has 1 saturated heterocycles. The van der Waals surface area contributed by atoms with Gasteiger partial charge in [-0.15, -0.1) is 10.3 Å². The monoisotopic (exact) mass is 237 g/mol. The quantitative estimate of drug-likeness (QED) is 0.753. The first-order valence-electron chi connectivity index (χ1n) is 5.57. The first-order chi connectivity index (χ1) is 7.90. The smallest absolute Gasteiger partial charge is 0.331 e. The number of rotatable bonds is 3. The molecule has 0 unspecified atom stereocenters. The Morgan fingerprint density at radius 3 is 2.94 bits per heavy atom. The van der Waals surface area contributed by atoms with E-state index in [9.17, 15) is 0 Å². The Morgan fingerprint density at radius 1 is 1.38 bits per heavy atom. The minimum atomic E-state index is 0.379. The van der Waals surface area contributed by atoms with Gasteiger partial charge in [0.25, 0.3) is 0 Å². The fourth-order valence-corrected chi connectivity index (χ4v) is 2.24. The standard InChI is InChI=1S/C11H15N3OS/c1-2-3-6-9-15-10-12-11(16-13-10)14-7-4-5-8-14/h2,4-5,7-9H2,1H3. The van der Waals surface area contributed by atoms with E-state index in [2.05, 4.69) is 26.1 Å². The van der Waals surface area contributed by atoms with E-state index >= 15 is 0 Å². The number of aromatic nitrogens is 2. The van der Waals surface area contributed by atoms with E-state index in [0.29, 0.717) is 12.6 Å². The second-order valence-electron chi connectivity index (χ2n) is 3.55. The Kier molecular flexibility index (Phi) is 4.00. The van der Waals surface area contributed by atoms with Gasteiger partial charge in [-0.2, -0.15) is 4.98 Å². The lowest BCUT2D eigenvalue weighted by Crippen LogP contribution is -2.17. The van der Waals surface area contributed by atoms with Crippen molar-refractivity contribution in [2.45, 2.75) is 26.2 Å². The van der Waals surface area contributed by atoms with Crippen molar-refractivity contribution in [1.29, 1.82) is 0 Å². The van der Waals surface area contributed by atoms with Crippen LogP contribution in [0, 0.1) is 11.8 Å². The Hall–Kier alpha value is -1.28. The minimum Gasteiger partial charge on any atom is -0.450 e. The molecule has 2 rings (SSSR count). The summed E-state index contributed by atoms with van der Waals surface area (Å²) in [6.07, 6.45) is 3.35. The highest BCUT2D eigenvalue weighted by Crippen LogP contribution is 2.24. The van der Waals surface area contributed by atoms with Crippen LogP contribution in [0.4, 0.5) is 5.13 Å². The maximum atomic E-state index is 5.34. The lowest BCUT2D eigenvalue weighted by atomic mass is 10.4. The van der Waals surface area contributed by atoms with Gasteiger partial charge in [-0.3, -0.25) is 0 Å².